The number of benzene rings is 1. The average Bonchev–Trinajstić information content (AvgIpc) is 2.86. The van der Waals surface area contributed by atoms with Crippen molar-refractivity contribution in [3.63, 3.8) is 0 Å². The molecule has 0 aliphatic carbocycles. The molecule has 0 bridgehead atoms. The molecule has 6 heteroatoms. The first kappa shape index (κ1) is 15.0. The zero-order valence-electron chi connectivity index (χ0n) is 11.2. The smallest absolute Gasteiger partial charge is 0.230 e. The van der Waals surface area contributed by atoms with E-state index in [2.05, 4.69) is 22.1 Å². The fourth-order valence-corrected chi connectivity index (χ4v) is 2.32. The standard InChI is InChI=1S/C15H14N2O3S/c18-7-2-1-6-13-10-16-15(21-13)17-14(20)9-11-4-3-5-12(19)8-11/h3-5,8,10,18-19H,2,7,9H2,(H,16,17,20). The first-order valence-corrected chi connectivity index (χ1v) is 7.12. The molecule has 0 unspecified atom stereocenters. The third kappa shape index (κ3) is 4.91. The number of carbonyl (C=O) groups is 1. The lowest BCUT2D eigenvalue weighted by molar-refractivity contribution is -0.115. The molecule has 21 heavy (non-hydrogen) atoms. The maximum atomic E-state index is 11.9. The molecule has 0 aliphatic heterocycles. The van der Waals surface area contributed by atoms with Crippen molar-refractivity contribution in [3.05, 3.63) is 40.9 Å². The van der Waals surface area contributed by atoms with E-state index in [4.69, 9.17) is 5.11 Å². The molecule has 1 heterocycles. The van der Waals surface area contributed by atoms with Gasteiger partial charge in [-0.3, -0.25) is 4.79 Å². The summed E-state index contributed by atoms with van der Waals surface area (Å²) in [5.74, 6) is 5.58. The zero-order chi connectivity index (χ0) is 15.1. The Balaban J connectivity index is 1.93. The summed E-state index contributed by atoms with van der Waals surface area (Å²) >= 11 is 1.28. The minimum absolute atomic E-state index is 0.0271. The van der Waals surface area contributed by atoms with Gasteiger partial charge in [0.15, 0.2) is 5.13 Å². The van der Waals surface area contributed by atoms with E-state index in [1.807, 2.05) is 0 Å². The van der Waals surface area contributed by atoms with Crippen molar-refractivity contribution in [1.82, 2.24) is 4.98 Å². The van der Waals surface area contributed by atoms with E-state index < -0.39 is 0 Å². The Morgan fingerprint density at radius 1 is 1.43 bits per heavy atom. The Morgan fingerprint density at radius 2 is 2.29 bits per heavy atom. The number of aromatic hydroxyl groups is 1. The quantitative estimate of drug-likeness (QED) is 0.752. The van der Waals surface area contributed by atoms with Gasteiger partial charge in [0.25, 0.3) is 0 Å². The van der Waals surface area contributed by atoms with E-state index in [0.29, 0.717) is 11.6 Å². The molecular formula is C15H14N2O3S. The van der Waals surface area contributed by atoms with Crippen molar-refractivity contribution in [1.29, 1.82) is 0 Å². The topological polar surface area (TPSA) is 82.5 Å². The Hall–Kier alpha value is -2.36. The Bertz CT molecular complexity index is 685. The van der Waals surface area contributed by atoms with Gasteiger partial charge in [0, 0.05) is 6.42 Å². The average molecular weight is 302 g/mol. The van der Waals surface area contributed by atoms with Gasteiger partial charge >= 0.3 is 0 Å². The minimum atomic E-state index is -0.204. The summed E-state index contributed by atoms with van der Waals surface area (Å²) in [5, 5.41) is 21.2. The maximum Gasteiger partial charge on any atom is 0.230 e. The Morgan fingerprint density at radius 3 is 3.05 bits per heavy atom. The number of aliphatic hydroxyl groups is 1. The third-order valence-corrected chi connectivity index (χ3v) is 3.30. The first-order valence-electron chi connectivity index (χ1n) is 6.30. The largest absolute Gasteiger partial charge is 0.508 e. The van der Waals surface area contributed by atoms with E-state index in [1.54, 1.807) is 30.5 Å². The highest BCUT2D eigenvalue weighted by Crippen LogP contribution is 2.18. The van der Waals surface area contributed by atoms with Gasteiger partial charge < -0.3 is 15.5 Å². The van der Waals surface area contributed by atoms with Crippen LogP contribution in [0.15, 0.2) is 30.5 Å². The number of thiazole rings is 1. The molecule has 0 saturated carbocycles. The van der Waals surface area contributed by atoms with Crippen LogP contribution < -0.4 is 5.32 Å². The molecule has 5 nitrogen and oxygen atoms in total. The predicted molar refractivity (Wildman–Crippen MR) is 81.1 cm³/mol. The van der Waals surface area contributed by atoms with Crippen LogP contribution in [0.3, 0.4) is 0 Å². The number of aliphatic hydroxyl groups excluding tert-OH is 1. The number of nitrogens with one attached hydrogen (secondary N) is 1. The van der Waals surface area contributed by atoms with Gasteiger partial charge in [-0.25, -0.2) is 4.98 Å². The van der Waals surface area contributed by atoms with Gasteiger partial charge in [-0.1, -0.05) is 35.3 Å². The molecule has 1 amide bonds. The van der Waals surface area contributed by atoms with E-state index in [0.717, 1.165) is 10.4 Å². The van der Waals surface area contributed by atoms with Crippen molar-refractivity contribution >= 4 is 22.4 Å². The Labute approximate surface area is 126 Å². The van der Waals surface area contributed by atoms with Crippen LogP contribution in [-0.4, -0.2) is 27.7 Å². The van der Waals surface area contributed by atoms with Gasteiger partial charge in [-0.2, -0.15) is 0 Å². The number of rotatable bonds is 4. The highest BCUT2D eigenvalue weighted by atomic mass is 32.1. The molecule has 1 aromatic carbocycles. The second kappa shape index (κ2) is 7.43. The number of nitrogens with zero attached hydrogens (tertiary/aromatic N) is 1. The van der Waals surface area contributed by atoms with Crippen LogP contribution in [0.4, 0.5) is 5.13 Å². The molecule has 2 aromatic rings. The minimum Gasteiger partial charge on any atom is -0.508 e. The van der Waals surface area contributed by atoms with Crippen LogP contribution in [0.1, 0.15) is 16.9 Å². The number of phenols is 1. The SMILES string of the molecule is O=C(Cc1cccc(O)c1)Nc1ncc(C#CCCO)s1. The summed E-state index contributed by atoms with van der Waals surface area (Å²) in [6, 6.07) is 6.57. The molecule has 108 valence electrons. The summed E-state index contributed by atoms with van der Waals surface area (Å²) in [6.07, 6.45) is 2.16. The lowest BCUT2D eigenvalue weighted by atomic mass is 10.1. The summed E-state index contributed by atoms with van der Waals surface area (Å²) in [5.41, 5.74) is 0.729. The molecule has 0 aliphatic rings. The summed E-state index contributed by atoms with van der Waals surface area (Å²) < 4.78 is 0. The molecule has 2 rings (SSSR count). The number of carbonyl (C=O) groups excluding carboxylic acids is 1. The zero-order valence-corrected chi connectivity index (χ0v) is 12.0. The van der Waals surface area contributed by atoms with E-state index in [1.165, 1.54) is 11.3 Å². The monoisotopic (exact) mass is 302 g/mol. The fourth-order valence-electron chi connectivity index (χ4n) is 1.61. The van der Waals surface area contributed by atoms with Gasteiger partial charge in [-0.05, 0) is 17.7 Å². The normalized spacial score (nSPS) is 9.76. The van der Waals surface area contributed by atoms with Gasteiger partial charge in [0.1, 0.15) is 5.75 Å². The molecule has 0 radical (unpaired) electrons. The molecule has 0 fully saturated rings. The number of hydrogen-bond acceptors (Lipinski definition) is 5. The van der Waals surface area contributed by atoms with Crippen LogP contribution in [0.5, 0.6) is 5.75 Å². The van der Waals surface area contributed by atoms with Crippen LogP contribution in [-0.2, 0) is 11.2 Å². The highest BCUT2D eigenvalue weighted by Gasteiger charge is 2.07. The van der Waals surface area contributed by atoms with Crippen LogP contribution in [0, 0.1) is 11.8 Å². The summed E-state index contributed by atoms with van der Waals surface area (Å²) in [6.45, 7) is 0.0271. The van der Waals surface area contributed by atoms with Crippen molar-refractivity contribution in [3.8, 4) is 17.6 Å². The number of phenolic OH excluding ortho intramolecular Hbond substituents is 1. The number of anilines is 1. The first-order chi connectivity index (χ1) is 10.2. The van der Waals surface area contributed by atoms with E-state index in [9.17, 15) is 9.90 Å². The molecule has 0 spiro atoms. The van der Waals surface area contributed by atoms with Gasteiger partial charge in [0.05, 0.1) is 24.1 Å². The van der Waals surface area contributed by atoms with Crippen molar-refractivity contribution in [2.24, 2.45) is 0 Å². The maximum absolute atomic E-state index is 11.9. The lowest BCUT2D eigenvalue weighted by Gasteiger charge is -2.02. The Kier molecular flexibility index (Phi) is 5.32. The number of aromatic nitrogens is 1. The molecular weight excluding hydrogens is 288 g/mol. The molecule has 0 saturated heterocycles. The van der Waals surface area contributed by atoms with E-state index in [-0.39, 0.29) is 24.7 Å². The molecule has 0 atom stereocenters. The third-order valence-electron chi connectivity index (χ3n) is 2.48. The van der Waals surface area contributed by atoms with Gasteiger partial charge in [0.2, 0.25) is 5.91 Å². The van der Waals surface area contributed by atoms with Gasteiger partial charge in [-0.15, -0.1) is 0 Å². The van der Waals surface area contributed by atoms with Crippen molar-refractivity contribution in [2.45, 2.75) is 12.8 Å². The van der Waals surface area contributed by atoms with Crippen LogP contribution >= 0.6 is 11.3 Å². The van der Waals surface area contributed by atoms with Crippen molar-refractivity contribution in [2.75, 3.05) is 11.9 Å². The second-order valence-corrected chi connectivity index (χ2v) is 5.23. The fraction of sp³-hybridized carbons (Fsp3) is 0.200. The van der Waals surface area contributed by atoms with Crippen LogP contribution in [0.25, 0.3) is 0 Å². The molecule has 3 N–H and O–H groups in total. The highest BCUT2D eigenvalue weighted by molar-refractivity contribution is 7.16. The van der Waals surface area contributed by atoms with Crippen molar-refractivity contribution < 1.29 is 15.0 Å². The number of hydrogen-bond donors (Lipinski definition) is 3. The summed E-state index contributed by atoms with van der Waals surface area (Å²) in [4.78, 5) is 16.7. The second-order valence-electron chi connectivity index (χ2n) is 4.20. The lowest BCUT2D eigenvalue weighted by Crippen LogP contribution is -2.13. The number of amides is 1. The van der Waals surface area contributed by atoms with Crippen LogP contribution in [0.2, 0.25) is 0 Å². The summed E-state index contributed by atoms with van der Waals surface area (Å²) in [7, 11) is 0. The molecule has 1 aromatic heterocycles. The predicted octanol–water partition coefficient (Wildman–Crippen LogP) is 1.76. The van der Waals surface area contributed by atoms with E-state index >= 15 is 0 Å².